The molecule has 9 nitrogen and oxygen atoms in total. The first-order valence-electron chi connectivity index (χ1n) is 4.36. The van der Waals surface area contributed by atoms with E-state index in [9.17, 15) is 9.79 Å². The predicted octanol–water partition coefficient (Wildman–Crippen LogP) is -0.921. The predicted molar refractivity (Wildman–Crippen MR) is 62.4 cm³/mol. The van der Waals surface area contributed by atoms with Gasteiger partial charge in [-0.15, -0.1) is 0 Å². The molecular formula is C4H19O9P3. The van der Waals surface area contributed by atoms with Crippen LogP contribution in [0, 0.1) is 0 Å². The van der Waals surface area contributed by atoms with Crippen molar-refractivity contribution in [1.29, 1.82) is 0 Å². The molecule has 0 aromatic carbocycles. The normalized spacial score (nSPS) is 19.3. The van der Waals surface area contributed by atoms with Crippen molar-refractivity contribution in [3.63, 3.8) is 0 Å². The molecule has 0 rings (SSSR count). The van der Waals surface area contributed by atoms with Gasteiger partial charge >= 0.3 is 93.1 Å². The Bertz CT molecular complexity index is 225. The van der Waals surface area contributed by atoms with Crippen molar-refractivity contribution in [3.8, 4) is 0 Å². The molecule has 0 heterocycles. The molecule has 16 heavy (non-hydrogen) atoms. The van der Waals surface area contributed by atoms with Gasteiger partial charge in [0.15, 0.2) is 0 Å². The number of hydrogen-bond donors (Lipinski definition) is 7. The van der Waals surface area contributed by atoms with Crippen LogP contribution in [0.5, 0.6) is 0 Å². The molecule has 0 saturated heterocycles. The standard InChI is InChI=1S/C4H19O9P3/c1-3-4(2)14(5,6)12-16(10,11)13-15(7,8)9/h4-11,14-16H,3H2,1-2H3. The summed E-state index contributed by atoms with van der Waals surface area (Å²) in [5.74, 6) is 0. The second-order valence-corrected chi connectivity index (χ2v) is 9.47. The van der Waals surface area contributed by atoms with Crippen LogP contribution >= 0.6 is 24.3 Å². The van der Waals surface area contributed by atoms with E-state index in [0.29, 0.717) is 6.42 Å². The third-order valence-corrected chi connectivity index (χ3v) is 7.92. The van der Waals surface area contributed by atoms with E-state index in [0.717, 1.165) is 0 Å². The molecule has 12 heteroatoms. The molecule has 0 spiro atoms. The van der Waals surface area contributed by atoms with Gasteiger partial charge in [-0.2, -0.15) is 0 Å². The van der Waals surface area contributed by atoms with Gasteiger partial charge in [-0.25, -0.2) is 0 Å². The Morgan fingerprint density at radius 2 is 1.38 bits per heavy atom. The van der Waals surface area contributed by atoms with Crippen LogP contribution in [-0.2, 0) is 8.62 Å². The van der Waals surface area contributed by atoms with Crippen molar-refractivity contribution < 1.29 is 42.9 Å². The van der Waals surface area contributed by atoms with E-state index in [1.807, 2.05) is 0 Å². The van der Waals surface area contributed by atoms with Crippen molar-refractivity contribution >= 4 is 24.3 Å². The molecule has 0 aliphatic rings. The van der Waals surface area contributed by atoms with Gasteiger partial charge in [0.2, 0.25) is 0 Å². The minimum atomic E-state index is -5.20. The summed E-state index contributed by atoms with van der Waals surface area (Å²) in [7, 11) is -14.8. The third kappa shape index (κ3) is 6.61. The zero-order chi connectivity index (χ0) is 13.2. The first-order valence-corrected chi connectivity index (χ1v) is 9.70. The van der Waals surface area contributed by atoms with Crippen molar-refractivity contribution in [3.05, 3.63) is 0 Å². The fraction of sp³-hybridized carbons (Fsp3) is 1.00. The van der Waals surface area contributed by atoms with E-state index in [-0.39, 0.29) is 0 Å². The molecular weight excluding hydrogens is 285 g/mol. The van der Waals surface area contributed by atoms with Gasteiger partial charge in [0.05, 0.1) is 0 Å². The molecule has 0 aliphatic heterocycles. The summed E-state index contributed by atoms with van der Waals surface area (Å²) in [6.07, 6.45) is 0.295. The minimum absolute atomic E-state index is 0.295. The van der Waals surface area contributed by atoms with E-state index < -0.39 is 29.9 Å². The molecule has 0 saturated carbocycles. The van der Waals surface area contributed by atoms with Crippen LogP contribution in [0.3, 0.4) is 0 Å². The average molecular weight is 304 g/mol. The van der Waals surface area contributed by atoms with E-state index in [1.165, 1.54) is 6.92 Å². The summed E-state index contributed by atoms with van der Waals surface area (Å²) in [6, 6.07) is 0. The number of hydrogen-bond acceptors (Lipinski definition) is 9. The van der Waals surface area contributed by atoms with Crippen LogP contribution in [0.15, 0.2) is 0 Å². The summed E-state index contributed by atoms with van der Waals surface area (Å²) in [5.41, 5.74) is -0.755. The molecule has 0 aromatic heterocycles. The van der Waals surface area contributed by atoms with Gasteiger partial charge in [-0.05, 0) is 0 Å². The van der Waals surface area contributed by atoms with Crippen molar-refractivity contribution in [2.24, 2.45) is 0 Å². The first-order chi connectivity index (χ1) is 6.90. The van der Waals surface area contributed by atoms with Crippen LogP contribution in [0.4, 0.5) is 0 Å². The van der Waals surface area contributed by atoms with Gasteiger partial charge < -0.3 is 0 Å². The average Bonchev–Trinajstić information content (AvgIpc) is 1.95. The van der Waals surface area contributed by atoms with Gasteiger partial charge in [-0.1, -0.05) is 0 Å². The van der Waals surface area contributed by atoms with E-state index in [2.05, 4.69) is 8.62 Å². The Morgan fingerprint density at radius 1 is 0.938 bits per heavy atom. The Morgan fingerprint density at radius 3 is 1.69 bits per heavy atom. The van der Waals surface area contributed by atoms with Crippen molar-refractivity contribution in [2.45, 2.75) is 25.9 Å². The van der Waals surface area contributed by atoms with Crippen LogP contribution in [0.25, 0.3) is 0 Å². The fourth-order valence-electron chi connectivity index (χ4n) is 0.761. The second-order valence-electron chi connectivity index (χ2n) is 3.29. The maximum absolute atomic E-state index is 9.39. The Balaban J connectivity index is 4.57. The molecule has 1 unspecified atom stereocenters. The summed E-state index contributed by atoms with van der Waals surface area (Å²) in [5, 5.41) is 0. The topological polar surface area (TPSA) is 160 Å². The van der Waals surface area contributed by atoms with Crippen LogP contribution in [0.1, 0.15) is 20.3 Å². The number of rotatable bonds is 6. The SMILES string of the molecule is CCC(C)[PH](O)(O)O[PH](O)(O)O[PH](O)(O)O. The fourth-order valence-corrected chi connectivity index (χ4v) is 5.63. The molecule has 0 bridgehead atoms. The molecule has 0 aliphatic carbocycles. The van der Waals surface area contributed by atoms with Crippen LogP contribution < -0.4 is 0 Å². The molecule has 0 radical (unpaired) electrons. The zero-order valence-corrected chi connectivity index (χ0v) is 11.7. The molecule has 104 valence electrons. The Hall–Kier alpha value is 0.930. The van der Waals surface area contributed by atoms with E-state index in [4.69, 9.17) is 24.5 Å². The maximum atomic E-state index is 9.39. The second kappa shape index (κ2) is 5.71. The first kappa shape index (κ1) is 16.9. The van der Waals surface area contributed by atoms with Gasteiger partial charge in [0.1, 0.15) is 0 Å². The van der Waals surface area contributed by atoms with Crippen molar-refractivity contribution in [1.82, 2.24) is 0 Å². The van der Waals surface area contributed by atoms with Crippen LogP contribution in [0.2, 0.25) is 0 Å². The molecule has 7 N–H and O–H groups in total. The third-order valence-electron chi connectivity index (χ3n) is 1.81. The van der Waals surface area contributed by atoms with Crippen LogP contribution in [-0.4, -0.2) is 39.9 Å². The van der Waals surface area contributed by atoms with Gasteiger partial charge in [0.25, 0.3) is 0 Å². The van der Waals surface area contributed by atoms with Gasteiger partial charge in [0, 0.05) is 0 Å². The molecule has 1 atom stereocenters. The molecule has 0 fully saturated rings. The van der Waals surface area contributed by atoms with E-state index >= 15 is 0 Å². The zero-order valence-electron chi connectivity index (χ0n) is 8.73. The quantitative estimate of drug-likeness (QED) is 0.308. The van der Waals surface area contributed by atoms with Gasteiger partial charge in [-0.3, -0.25) is 0 Å². The molecule has 0 amide bonds. The van der Waals surface area contributed by atoms with E-state index in [1.54, 1.807) is 6.92 Å². The summed E-state index contributed by atoms with van der Waals surface area (Å²) in [6.45, 7) is 3.02. The Labute approximate surface area is 93.8 Å². The Kier molecular flexibility index (Phi) is 6.05. The summed E-state index contributed by atoms with van der Waals surface area (Å²) >= 11 is 0. The monoisotopic (exact) mass is 304 g/mol. The van der Waals surface area contributed by atoms with Crippen molar-refractivity contribution in [2.75, 3.05) is 0 Å². The summed E-state index contributed by atoms with van der Waals surface area (Å²) < 4.78 is 7.89. The summed E-state index contributed by atoms with van der Waals surface area (Å²) in [4.78, 5) is 62.3. The molecule has 0 aromatic rings.